The van der Waals surface area contributed by atoms with Crippen molar-refractivity contribution in [2.75, 3.05) is 0 Å². The first-order valence-corrected chi connectivity index (χ1v) is 9.32. The Morgan fingerprint density at radius 2 is 1.73 bits per heavy atom. The molecule has 0 aliphatic heterocycles. The second kappa shape index (κ2) is 10.4. The summed E-state index contributed by atoms with van der Waals surface area (Å²) < 4.78 is 5.36. The fourth-order valence-electron chi connectivity index (χ4n) is 2.25. The SMILES string of the molecule is CC(CCc1ccc(Cl)cc1)OC(=O)/C=C/C=C/c1ccc(Cl)cc1Cl. The summed E-state index contributed by atoms with van der Waals surface area (Å²) in [6.07, 6.45) is 7.94. The highest BCUT2D eigenvalue weighted by atomic mass is 35.5. The first-order valence-electron chi connectivity index (χ1n) is 8.19. The lowest BCUT2D eigenvalue weighted by molar-refractivity contribution is -0.142. The van der Waals surface area contributed by atoms with Gasteiger partial charge in [-0.3, -0.25) is 0 Å². The first-order chi connectivity index (χ1) is 12.4. The van der Waals surface area contributed by atoms with Crippen LogP contribution in [-0.4, -0.2) is 12.1 Å². The number of ether oxygens (including phenoxy) is 1. The van der Waals surface area contributed by atoms with Crippen molar-refractivity contribution in [3.05, 3.63) is 86.9 Å². The number of rotatable bonds is 7. The lowest BCUT2D eigenvalue weighted by atomic mass is 10.1. The molecule has 0 aliphatic rings. The number of hydrogen-bond acceptors (Lipinski definition) is 2. The summed E-state index contributed by atoms with van der Waals surface area (Å²) in [5, 5.41) is 1.85. The fourth-order valence-corrected chi connectivity index (χ4v) is 2.84. The standard InChI is InChI=1S/C21H19Cl3O2/c1-15(6-7-16-8-11-18(22)12-9-16)26-21(25)5-3-2-4-17-10-13-19(23)14-20(17)24/h2-5,8-15H,6-7H2,1H3/b4-2+,5-3+. The maximum atomic E-state index is 11.8. The van der Waals surface area contributed by atoms with Crippen molar-refractivity contribution in [2.24, 2.45) is 0 Å². The van der Waals surface area contributed by atoms with E-state index in [9.17, 15) is 4.79 Å². The van der Waals surface area contributed by atoms with Crippen LogP contribution in [0.15, 0.2) is 60.7 Å². The molecule has 0 bridgehead atoms. The minimum atomic E-state index is -0.375. The van der Waals surface area contributed by atoms with Crippen LogP contribution in [0.25, 0.3) is 6.08 Å². The molecule has 0 radical (unpaired) electrons. The van der Waals surface area contributed by atoms with E-state index in [1.54, 1.807) is 30.4 Å². The van der Waals surface area contributed by atoms with Gasteiger partial charge in [0.2, 0.25) is 0 Å². The largest absolute Gasteiger partial charge is 0.460 e. The molecule has 26 heavy (non-hydrogen) atoms. The van der Waals surface area contributed by atoms with Gasteiger partial charge in [0.25, 0.3) is 0 Å². The minimum Gasteiger partial charge on any atom is -0.460 e. The van der Waals surface area contributed by atoms with E-state index in [0.717, 1.165) is 24.0 Å². The van der Waals surface area contributed by atoms with Gasteiger partial charge in [0.15, 0.2) is 0 Å². The summed E-state index contributed by atoms with van der Waals surface area (Å²) in [6, 6.07) is 12.9. The molecule has 136 valence electrons. The summed E-state index contributed by atoms with van der Waals surface area (Å²) in [6.45, 7) is 1.88. The van der Waals surface area contributed by atoms with E-state index in [4.69, 9.17) is 39.5 Å². The van der Waals surface area contributed by atoms with Crippen molar-refractivity contribution < 1.29 is 9.53 Å². The van der Waals surface area contributed by atoms with Crippen LogP contribution in [0.4, 0.5) is 0 Å². The molecular weight excluding hydrogens is 391 g/mol. The highest BCUT2D eigenvalue weighted by Gasteiger charge is 2.07. The van der Waals surface area contributed by atoms with Crippen LogP contribution < -0.4 is 0 Å². The third kappa shape index (κ3) is 7.25. The third-order valence-electron chi connectivity index (χ3n) is 3.65. The highest BCUT2D eigenvalue weighted by molar-refractivity contribution is 6.35. The molecule has 0 aromatic heterocycles. The molecule has 2 aromatic carbocycles. The Kier molecular flexibility index (Phi) is 8.24. The van der Waals surface area contributed by atoms with E-state index in [2.05, 4.69) is 0 Å². The molecule has 1 atom stereocenters. The third-order valence-corrected chi connectivity index (χ3v) is 4.47. The molecule has 2 rings (SSSR count). The second-order valence-corrected chi connectivity index (χ2v) is 7.08. The molecule has 0 aliphatic carbocycles. The summed E-state index contributed by atoms with van der Waals surface area (Å²) in [7, 11) is 0. The molecule has 0 N–H and O–H groups in total. The Morgan fingerprint density at radius 3 is 2.42 bits per heavy atom. The number of allylic oxidation sites excluding steroid dienone is 2. The van der Waals surface area contributed by atoms with Crippen LogP contribution in [0.3, 0.4) is 0 Å². The quantitative estimate of drug-likeness (QED) is 0.286. The molecule has 2 nitrogen and oxygen atoms in total. The first kappa shape index (κ1) is 20.6. The minimum absolute atomic E-state index is 0.169. The summed E-state index contributed by atoms with van der Waals surface area (Å²) in [4.78, 5) is 11.8. The highest BCUT2D eigenvalue weighted by Crippen LogP contribution is 2.22. The van der Waals surface area contributed by atoms with Gasteiger partial charge in [0.1, 0.15) is 0 Å². The van der Waals surface area contributed by atoms with E-state index in [-0.39, 0.29) is 12.1 Å². The van der Waals surface area contributed by atoms with Crippen molar-refractivity contribution in [3.63, 3.8) is 0 Å². The van der Waals surface area contributed by atoms with E-state index in [0.29, 0.717) is 15.1 Å². The molecule has 2 aromatic rings. The zero-order valence-electron chi connectivity index (χ0n) is 14.3. The van der Waals surface area contributed by atoms with Gasteiger partial charge < -0.3 is 4.74 Å². The maximum absolute atomic E-state index is 11.8. The molecule has 0 heterocycles. The molecule has 0 spiro atoms. The number of carbonyl (C=O) groups is 1. The monoisotopic (exact) mass is 408 g/mol. The maximum Gasteiger partial charge on any atom is 0.331 e. The predicted octanol–water partition coefficient (Wildman–Crippen LogP) is 6.78. The van der Waals surface area contributed by atoms with Crippen LogP contribution in [0.2, 0.25) is 15.1 Å². The van der Waals surface area contributed by atoms with Crippen LogP contribution in [0.5, 0.6) is 0 Å². The van der Waals surface area contributed by atoms with Gasteiger partial charge in [-0.15, -0.1) is 0 Å². The van der Waals surface area contributed by atoms with Crippen molar-refractivity contribution in [1.82, 2.24) is 0 Å². The zero-order chi connectivity index (χ0) is 18.9. The smallest absolute Gasteiger partial charge is 0.331 e. The van der Waals surface area contributed by atoms with Crippen molar-refractivity contribution in [1.29, 1.82) is 0 Å². The molecule has 0 saturated carbocycles. The molecular formula is C21H19Cl3O2. The predicted molar refractivity (Wildman–Crippen MR) is 110 cm³/mol. The number of benzene rings is 2. The summed E-state index contributed by atoms with van der Waals surface area (Å²) in [5.41, 5.74) is 1.99. The lowest BCUT2D eigenvalue weighted by Crippen LogP contribution is -2.13. The summed E-state index contributed by atoms with van der Waals surface area (Å²) >= 11 is 17.8. The Labute approximate surface area is 169 Å². The van der Waals surface area contributed by atoms with Gasteiger partial charge in [-0.2, -0.15) is 0 Å². The van der Waals surface area contributed by atoms with Crippen LogP contribution in [0, 0.1) is 0 Å². The molecule has 5 heteroatoms. The van der Waals surface area contributed by atoms with Gasteiger partial charge in [-0.1, -0.05) is 71.2 Å². The number of carbonyl (C=O) groups excluding carboxylic acids is 1. The van der Waals surface area contributed by atoms with E-state index in [1.165, 1.54) is 6.08 Å². The van der Waals surface area contributed by atoms with E-state index in [1.807, 2.05) is 37.3 Å². The van der Waals surface area contributed by atoms with Gasteiger partial charge in [0.05, 0.1) is 6.10 Å². The van der Waals surface area contributed by atoms with Crippen molar-refractivity contribution >= 4 is 46.8 Å². The van der Waals surface area contributed by atoms with Gasteiger partial charge in [0, 0.05) is 21.1 Å². The zero-order valence-corrected chi connectivity index (χ0v) is 16.6. The van der Waals surface area contributed by atoms with Gasteiger partial charge in [-0.05, 0) is 55.2 Å². The van der Waals surface area contributed by atoms with Gasteiger partial charge in [-0.25, -0.2) is 4.79 Å². The van der Waals surface area contributed by atoms with E-state index < -0.39 is 0 Å². The second-order valence-electron chi connectivity index (χ2n) is 5.80. The number of halogens is 3. The Bertz CT molecular complexity index is 795. The van der Waals surface area contributed by atoms with Gasteiger partial charge >= 0.3 is 5.97 Å². The lowest BCUT2D eigenvalue weighted by Gasteiger charge is -2.11. The van der Waals surface area contributed by atoms with Crippen molar-refractivity contribution in [3.8, 4) is 0 Å². The summed E-state index contributed by atoms with van der Waals surface area (Å²) in [5.74, 6) is -0.375. The van der Waals surface area contributed by atoms with Crippen LogP contribution in [-0.2, 0) is 16.0 Å². The van der Waals surface area contributed by atoms with Crippen LogP contribution >= 0.6 is 34.8 Å². The number of esters is 1. The van der Waals surface area contributed by atoms with Crippen LogP contribution in [0.1, 0.15) is 24.5 Å². The average molecular weight is 410 g/mol. The Morgan fingerprint density at radius 1 is 1.04 bits per heavy atom. The Balaban J connectivity index is 1.77. The van der Waals surface area contributed by atoms with E-state index >= 15 is 0 Å². The van der Waals surface area contributed by atoms with Crippen molar-refractivity contribution in [2.45, 2.75) is 25.9 Å². The average Bonchev–Trinajstić information content (AvgIpc) is 2.59. The molecule has 0 fully saturated rings. The fraction of sp³-hybridized carbons (Fsp3) is 0.190. The Hall–Kier alpha value is -1.74. The number of aryl methyl sites for hydroxylation is 1. The molecule has 1 unspecified atom stereocenters. The normalized spacial score (nSPS) is 12.6. The number of hydrogen-bond donors (Lipinski definition) is 0. The molecule has 0 amide bonds. The topological polar surface area (TPSA) is 26.3 Å². The molecule has 0 saturated heterocycles.